The van der Waals surface area contributed by atoms with Crippen molar-refractivity contribution in [2.45, 2.75) is 45.2 Å². The smallest absolute Gasteiger partial charge is 0.399 e. The molecule has 0 saturated carbocycles. The predicted molar refractivity (Wildman–Crippen MR) is 74.1 cm³/mol. The molecule has 0 amide bonds. The summed E-state index contributed by atoms with van der Waals surface area (Å²) in [5, 5.41) is 9.70. The van der Waals surface area contributed by atoms with Gasteiger partial charge in [0.15, 0.2) is 6.29 Å². The molecule has 5 heteroatoms. The summed E-state index contributed by atoms with van der Waals surface area (Å²) in [4.78, 5) is 0. The second-order valence-corrected chi connectivity index (χ2v) is 5.85. The van der Waals surface area contributed by atoms with Gasteiger partial charge in [0.05, 0.1) is 11.2 Å². The van der Waals surface area contributed by atoms with Gasteiger partial charge in [-0.1, -0.05) is 24.3 Å². The summed E-state index contributed by atoms with van der Waals surface area (Å²) in [7, 11) is 1.04. The van der Waals surface area contributed by atoms with Crippen molar-refractivity contribution in [1.29, 1.82) is 0 Å². The zero-order valence-corrected chi connectivity index (χ0v) is 12.1. The van der Waals surface area contributed by atoms with Crippen LogP contribution in [0.1, 0.15) is 39.5 Å². The highest BCUT2D eigenvalue weighted by Crippen LogP contribution is 2.36. The number of ether oxygens (including phenoxy) is 1. The summed E-state index contributed by atoms with van der Waals surface area (Å²) in [6, 6.07) is 7.44. The van der Waals surface area contributed by atoms with Crippen molar-refractivity contribution < 1.29 is 19.2 Å². The van der Waals surface area contributed by atoms with Crippen molar-refractivity contribution in [3.63, 3.8) is 0 Å². The molecule has 0 radical (unpaired) electrons. The van der Waals surface area contributed by atoms with Crippen molar-refractivity contribution in [2.24, 2.45) is 0 Å². The molecule has 1 unspecified atom stereocenters. The van der Waals surface area contributed by atoms with E-state index in [1.54, 1.807) is 0 Å². The molecule has 19 heavy (non-hydrogen) atoms. The molecule has 2 rings (SSSR count). The quantitative estimate of drug-likeness (QED) is 0.665. The summed E-state index contributed by atoms with van der Waals surface area (Å²) in [6.07, 6.45) is -0.928. The van der Waals surface area contributed by atoms with E-state index in [0.717, 1.165) is 5.46 Å². The first-order chi connectivity index (χ1) is 8.77. The maximum absolute atomic E-state index is 9.70. The first-order valence-corrected chi connectivity index (χ1v) is 6.43. The van der Waals surface area contributed by atoms with Crippen molar-refractivity contribution in [1.82, 2.24) is 0 Å². The summed E-state index contributed by atoms with van der Waals surface area (Å²) >= 11 is 0. The van der Waals surface area contributed by atoms with Crippen LogP contribution in [0.3, 0.4) is 0 Å². The van der Waals surface area contributed by atoms with Gasteiger partial charge < -0.3 is 19.2 Å². The van der Waals surface area contributed by atoms with Gasteiger partial charge in [-0.25, -0.2) is 0 Å². The van der Waals surface area contributed by atoms with Crippen LogP contribution in [-0.4, -0.2) is 30.5 Å². The Morgan fingerprint density at radius 3 is 2.26 bits per heavy atom. The average Bonchev–Trinajstić information content (AvgIpc) is 2.58. The fourth-order valence-corrected chi connectivity index (χ4v) is 1.97. The highest BCUT2D eigenvalue weighted by atomic mass is 16.7. The van der Waals surface area contributed by atoms with Crippen LogP contribution in [0.4, 0.5) is 0 Å². The van der Waals surface area contributed by atoms with E-state index in [-0.39, 0.29) is 11.2 Å². The second-order valence-electron chi connectivity index (χ2n) is 5.85. The Labute approximate surface area is 114 Å². The number of benzene rings is 1. The minimum absolute atomic E-state index is 0.368. The maximum Gasteiger partial charge on any atom is 0.494 e. The molecule has 1 aliphatic heterocycles. The molecule has 0 aliphatic carbocycles. The molecule has 104 valence electrons. The number of hydrogen-bond acceptors (Lipinski definition) is 4. The largest absolute Gasteiger partial charge is 0.494 e. The van der Waals surface area contributed by atoms with Gasteiger partial charge in [0, 0.05) is 12.7 Å². The number of methoxy groups -OCH3 is 1. The second kappa shape index (κ2) is 4.91. The van der Waals surface area contributed by atoms with E-state index in [9.17, 15) is 5.11 Å². The first kappa shape index (κ1) is 14.5. The highest BCUT2D eigenvalue weighted by Gasteiger charge is 2.51. The SMILES string of the molecule is COC(O)c1cccc(B2OC(C)(C)C(C)(C)O2)c1. The molecule has 1 aromatic rings. The van der Waals surface area contributed by atoms with E-state index in [1.165, 1.54) is 7.11 Å². The lowest BCUT2D eigenvalue weighted by Crippen LogP contribution is -2.41. The van der Waals surface area contributed by atoms with Gasteiger partial charge in [0.1, 0.15) is 0 Å². The van der Waals surface area contributed by atoms with Crippen molar-refractivity contribution in [2.75, 3.05) is 7.11 Å². The molecule has 1 fully saturated rings. The first-order valence-electron chi connectivity index (χ1n) is 6.43. The van der Waals surface area contributed by atoms with Gasteiger partial charge in [0.25, 0.3) is 0 Å². The minimum atomic E-state index is -0.928. The number of rotatable bonds is 3. The molecule has 1 atom stereocenters. The molecule has 1 heterocycles. The zero-order chi connectivity index (χ0) is 14.3. The monoisotopic (exact) mass is 264 g/mol. The average molecular weight is 264 g/mol. The Bertz CT molecular complexity index is 443. The maximum atomic E-state index is 9.70. The lowest BCUT2D eigenvalue weighted by Gasteiger charge is -2.32. The molecule has 0 aromatic heterocycles. The Kier molecular flexibility index (Phi) is 3.75. The minimum Gasteiger partial charge on any atom is -0.399 e. The molecular weight excluding hydrogens is 243 g/mol. The fraction of sp³-hybridized carbons (Fsp3) is 0.571. The van der Waals surface area contributed by atoms with Gasteiger partial charge in [-0.15, -0.1) is 0 Å². The van der Waals surface area contributed by atoms with Crippen LogP contribution in [-0.2, 0) is 14.0 Å². The van der Waals surface area contributed by atoms with Gasteiger partial charge in [-0.3, -0.25) is 0 Å². The van der Waals surface area contributed by atoms with Crippen molar-refractivity contribution in [3.05, 3.63) is 29.8 Å². The summed E-state index contributed by atoms with van der Waals surface area (Å²) < 4.78 is 16.9. The van der Waals surface area contributed by atoms with Gasteiger partial charge in [-0.05, 0) is 33.2 Å². The predicted octanol–water partition coefficient (Wildman–Crippen LogP) is 1.62. The summed E-state index contributed by atoms with van der Waals surface area (Å²) in [6.45, 7) is 8.06. The summed E-state index contributed by atoms with van der Waals surface area (Å²) in [5.41, 5.74) is 0.836. The number of aliphatic hydroxyl groups is 1. The van der Waals surface area contributed by atoms with Crippen LogP contribution in [0.15, 0.2) is 24.3 Å². The van der Waals surface area contributed by atoms with E-state index in [1.807, 2.05) is 52.0 Å². The van der Waals surface area contributed by atoms with E-state index in [0.29, 0.717) is 5.56 Å². The molecule has 1 aromatic carbocycles. The molecular formula is C14H21BO4. The summed E-state index contributed by atoms with van der Waals surface area (Å²) in [5.74, 6) is 0. The molecule has 0 spiro atoms. The Hall–Kier alpha value is -0.875. The van der Waals surface area contributed by atoms with Crippen LogP contribution < -0.4 is 5.46 Å². The van der Waals surface area contributed by atoms with Gasteiger partial charge in [-0.2, -0.15) is 0 Å². The van der Waals surface area contributed by atoms with Gasteiger partial charge >= 0.3 is 7.12 Å². The van der Waals surface area contributed by atoms with Crippen molar-refractivity contribution >= 4 is 12.6 Å². The van der Waals surface area contributed by atoms with Gasteiger partial charge in [0.2, 0.25) is 0 Å². The normalized spacial score (nSPS) is 22.5. The third kappa shape index (κ3) is 2.70. The van der Waals surface area contributed by atoms with E-state index >= 15 is 0 Å². The molecule has 0 bridgehead atoms. The van der Waals surface area contributed by atoms with Crippen LogP contribution >= 0.6 is 0 Å². The lowest BCUT2D eigenvalue weighted by atomic mass is 9.78. The third-order valence-electron chi connectivity index (χ3n) is 3.94. The Morgan fingerprint density at radius 2 is 1.74 bits per heavy atom. The Balaban J connectivity index is 2.25. The number of hydrogen-bond donors (Lipinski definition) is 1. The van der Waals surface area contributed by atoms with E-state index in [4.69, 9.17) is 14.0 Å². The standard InChI is InChI=1S/C14H21BO4/c1-13(2)14(3,4)19-15(18-13)11-8-6-7-10(9-11)12(16)17-5/h6-9,12,16H,1-5H3. The van der Waals surface area contributed by atoms with Crippen LogP contribution in [0.2, 0.25) is 0 Å². The van der Waals surface area contributed by atoms with Crippen LogP contribution in [0.25, 0.3) is 0 Å². The zero-order valence-electron chi connectivity index (χ0n) is 12.1. The van der Waals surface area contributed by atoms with Crippen LogP contribution in [0.5, 0.6) is 0 Å². The number of aliphatic hydroxyl groups excluding tert-OH is 1. The Morgan fingerprint density at radius 1 is 1.16 bits per heavy atom. The molecule has 1 saturated heterocycles. The fourth-order valence-electron chi connectivity index (χ4n) is 1.97. The molecule has 1 aliphatic rings. The van der Waals surface area contributed by atoms with E-state index in [2.05, 4.69) is 0 Å². The third-order valence-corrected chi connectivity index (χ3v) is 3.94. The molecule has 1 N–H and O–H groups in total. The van der Waals surface area contributed by atoms with Crippen LogP contribution in [0, 0.1) is 0 Å². The van der Waals surface area contributed by atoms with Crippen molar-refractivity contribution in [3.8, 4) is 0 Å². The van der Waals surface area contributed by atoms with E-state index < -0.39 is 13.4 Å². The highest BCUT2D eigenvalue weighted by molar-refractivity contribution is 6.62. The topological polar surface area (TPSA) is 47.9 Å². The molecule has 4 nitrogen and oxygen atoms in total. The lowest BCUT2D eigenvalue weighted by molar-refractivity contribution is -0.0768.